The summed E-state index contributed by atoms with van der Waals surface area (Å²) < 4.78 is 1.01. The van der Waals surface area contributed by atoms with Crippen LogP contribution in [0.15, 0.2) is 22.4 Å². The zero-order valence-electron chi connectivity index (χ0n) is 6.41. The molecule has 2 aromatic rings. The Morgan fingerprint density at radius 1 is 1.46 bits per heavy atom. The van der Waals surface area contributed by atoms with E-state index in [-0.39, 0.29) is 0 Å². The maximum absolute atomic E-state index is 8.71. The van der Waals surface area contributed by atoms with Crippen molar-refractivity contribution in [3.63, 3.8) is 0 Å². The van der Waals surface area contributed by atoms with Gasteiger partial charge in [0.1, 0.15) is 0 Å². The minimum absolute atomic E-state index is 0.590. The van der Waals surface area contributed by atoms with E-state index in [2.05, 4.69) is 18.7 Å². The highest BCUT2D eigenvalue weighted by Crippen LogP contribution is 2.35. The topological polar surface area (TPSA) is 23.8 Å². The van der Waals surface area contributed by atoms with Gasteiger partial charge in [0.2, 0.25) is 0 Å². The van der Waals surface area contributed by atoms with Gasteiger partial charge < -0.3 is 0 Å². The number of halogens is 1. The lowest BCUT2D eigenvalue weighted by atomic mass is 10.2. The number of fused-ring (bicyclic) bond motifs is 1. The fraction of sp³-hybridized carbons (Fsp3) is 0. The Kier molecular flexibility index (Phi) is 2.20. The molecule has 4 heteroatoms. The molecule has 0 aliphatic heterocycles. The molecule has 64 valence electrons. The molecule has 0 aliphatic carbocycles. The number of nitrogens with zero attached hydrogens (tertiary/aromatic N) is 1. The first kappa shape index (κ1) is 8.89. The van der Waals surface area contributed by atoms with Crippen molar-refractivity contribution >= 4 is 45.7 Å². The molecule has 0 N–H and O–H groups in total. The molecule has 0 aliphatic rings. The van der Waals surface area contributed by atoms with Crippen molar-refractivity contribution in [2.24, 2.45) is 0 Å². The van der Waals surface area contributed by atoms with Gasteiger partial charge in [-0.25, -0.2) is 0 Å². The van der Waals surface area contributed by atoms with E-state index >= 15 is 0 Å². The Hall–Kier alpha value is -0.690. The first-order valence-corrected chi connectivity index (χ1v) is 5.22. The fourth-order valence-electron chi connectivity index (χ4n) is 1.17. The second-order valence-electron chi connectivity index (χ2n) is 2.56. The van der Waals surface area contributed by atoms with Gasteiger partial charge in [0, 0.05) is 20.4 Å². The van der Waals surface area contributed by atoms with Gasteiger partial charge >= 0.3 is 0 Å². The molecule has 0 amide bonds. The normalized spacial score (nSPS) is 10.2. The Labute approximate surface area is 90.0 Å². The predicted molar refractivity (Wildman–Crippen MR) is 58.8 cm³/mol. The quantitative estimate of drug-likeness (QED) is 0.679. The summed E-state index contributed by atoms with van der Waals surface area (Å²) in [5, 5.41) is 12.2. The molecular weight excluding hydrogens is 222 g/mol. The summed E-state index contributed by atoms with van der Waals surface area (Å²) in [5.41, 5.74) is 0.590. The number of thiol groups is 1. The lowest BCUT2D eigenvalue weighted by molar-refractivity contribution is 1.50. The molecule has 1 heterocycles. The summed E-state index contributed by atoms with van der Waals surface area (Å²) in [5.74, 6) is 0. The number of thiophene rings is 1. The molecule has 0 atom stereocenters. The van der Waals surface area contributed by atoms with Crippen LogP contribution < -0.4 is 0 Å². The van der Waals surface area contributed by atoms with Crippen molar-refractivity contribution in [2.75, 3.05) is 0 Å². The largest absolute Gasteiger partial charge is 0.192 e. The Bertz CT molecular complexity index is 510. The molecule has 0 saturated heterocycles. The number of nitriles is 1. The second kappa shape index (κ2) is 3.22. The van der Waals surface area contributed by atoms with Crippen LogP contribution in [0, 0.1) is 11.3 Å². The van der Waals surface area contributed by atoms with Crippen LogP contribution >= 0.6 is 35.6 Å². The molecule has 1 aromatic heterocycles. The third-order valence-corrected chi connectivity index (χ3v) is 3.49. The Balaban J connectivity index is 2.89. The first-order valence-electron chi connectivity index (χ1n) is 3.52. The summed E-state index contributed by atoms with van der Waals surface area (Å²) in [6.45, 7) is 0. The third-order valence-electron chi connectivity index (χ3n) is 1.74. The van der Waals surface area contributed by atoms with E-state index in [1.807, 2.05) is 11.4 Å². The lowest BCUT2D eigenvalue weighted by Crippen LogP contribution is -1.74. The van der Waals surface area contributed by atoms with E-state index in [1.54, 1.807) is 17.4 Å². The van der Waals surface area contributed by atoms with Crippen LogP contribution in [0.2, 0.25) is 5.02 Å². The molecule has 0 saturated carbocycles. The van der Waals surface area contributed by atoms with Crippen molar-refractivity contribution in [2.45, 2.75) is 4.90 Å². The third kappa shape index (κ3) is 1.42. The van der Waals surface area contributed by atoms with Gasteiger partial charge in [-0.2, -0.15) is 5.26 Å². The van der Waals surface area contributed by atoms with Gasteiger partial charge in [0.05, 0.1) is 16.7 Å². The van der Waals surface area contributed by atoms with E-state index in [0.29, 0.717) is 10.6 Å². The number of hydrogen-bond acceptors (Lipinski definition) is 3. The zero-order chi connectivity index (χ0) is 9.42. The molecule has 2 rings (SSSR count). The lowest BCUT2D eigenvalue weighted by Gasteiger charge is -1.95. The van der Waals surface area contributed by atoms with Crippen molar-refractivity contribution in [1.29, 1.82) is 5.26 Å². The van der Waals surface area contributed by atoms with Crippen LogP contribution in [0.5, 0.6) is 0 Å². The van der Waals surface area contributed by atoms with E-state index in [9.17, 15) is 0 Å². The minimum Gasteiger partial charge on any atom is -0.192 e. The summed E-state index contributed by atoms with van der Waals surface area (Å²) in [6, 6.07) is 5.55. The Morgan fingerprint density at radius 3 is 2.92 bits per heavy atom. The van der Waals surface area contributed by atoms with Crippen molar-refractivity contribution in [3.05, 3.63) is 28.1 Å². The van der Waals surface area contributed by atoms with E-state index in [4.69, 9.17) is 16.9 Å². The monoisotopic (exact) mass is 225 g/mol. The van der Waals surface area contributed by atoms with E-state index < -0.39 is 0 Å². The molecule has 0 fully saturated rings. The smallest absolute Gasteiger partial charge is 0.0992 e. The van der Waals surface area contributed by atoms with Gasteiger partial charge in [-0.15, -0.1) is 24.0 Å². The number of benzene rings is 1. The number of hydrogen-bond donors (Lipinski definition) is 1. The van der Waals surface area contributed by atoms with Crippen LogP contribution in [-0.2, 0) is 0 Å². The standard InChI is InChI=1S/C9H4ClNS2/c10-6-1-5(3-11)2-8-9(6)7(12)4-13-8/h1-2,4,12H. The van der Waals surface area contributed by atoms with Crippen molar-refractivity contribution in [1.82, 2.24) is 0 Å². The van der Waals surface area contributed by atoms with Gasteiger partial charge in [-0.3, -0.25) is 0 Å². The number of rotatable bonds is 0. The van der Waals surface area contributed by atoms with Crippen LogP contribution in [0.1, 0.15) is 5.56 Å². The van der Waals surface area contributed by atoms with E-state index in [1.165, 1.54) is 0 Å². The molecular formula is C9H4ClNS2. The molecule has 1 nitrogen and oxygen atoms in total. The maximum Gasteiger partial charge on any atom is 0.0992 e. The highest BCUT2D eigenvalue weighted by atomic mass is 35.5. The zero-order valence-corrected chi connectivity index (χ0v) is 8.88. The SMILES string of the molecule is N#Cc1cc(Cl)c2c(S)csc2c1. The molecule has 0 radical (unpaired) electrons. The fourth-order valence-corrected chi connectivity index (χ4v) is 2.97. The molecule has 0 spiro atoms. The van der Waals surface area contributed by atoms with Crippen molar-refractivity contribution in [3.8, 4) is 6.07 Å². The molecule has 0 bridgehead atoms. The van der Waals surface area contributed by atoms with Gasteiger partial charge in [-0.05, 0) is 12.1 Å². The summed E-state index contributed by atoms with van der Waals surface area (Å²) in [7, 11) is 0. The Morgan fingerprint density at radius 2 is 2.23 bits per heavy atom. The van der Waals surface area contributed by atoms with Crippen LogP contribution in [-0.4, -0.2) is 0 Å². The molecule has 0 unspecified atom stereocenters. The predicted octanol–water partition coefficient (Wildman–Crippen LogP) is 3.72. The van der Waals surface area contributed by atoms with Crippen LogP contribution in [0.4, 0.5) is 0 Å². The first-order chi connectivity index (χ1) is 6.22. The van der Waals surface area contributed by atoms with Crippen LogP contribution in [0.3, 0.4) is 0 Å². The average molecular weight is 226 g/mol. The summed E-state index contributed by atoms with van der Waals surface area (Å²) in [6.07, 6.45) is 0. The van der Waals surface area contributed by atoms with Gasteiger partial charge in [-0.1, -0.05) is 11.6 Å². The van der Waals surface area contributed by atoms with E-state index in [0.717, 1.165) is 15.0 Å². The van der Waals surface area contributed by atoms with Crippen LogP contribution in [0.25, 0.3) is 10.1 Å². The summed E-state index contributed by atoms with van der Waals surface area (Å²) >= 11 is 11.8. The average Bonchev–Trinajstić information content (AvgIpc) is 2.48. The highest BCUT2D eigenvalue weighted by Gasteiger charge is 2.06. The molecule has 13 heavy (non-hydrogen) atoms. The summed E-state index contributed by atoms with van der Waals surface area (Å²) in [4.78, 5) is 0.870. The molecule has 1 aromatic carbocycles. The second-order valence-corrected chi connectivity index (χ2v) is 4.36. The highest BCUT2D eigenvalue weighted by molar-refractivity contribution is 7.80. The van der Waals surface area contributed by atoms with Gasteiger partial charge in [0.15, 0.2) is 0 Å². The minimum atomic E-state index is 0.590. The maximum atomic E-state index is 8.71. The van der Waals surface area contributed by atoms with Gasteiger partial charge in [0.25, 0.3) is 0 Å². The van der Waals surface area contributed by atoms with Crippen molar-refractivity contribution < 1.29 is 0 Å².